The maximum Gasteiger partial charge on any atom is 0.330 e. The Labute approximate surface area is 183 Å². The molecule has 1 aliphatic rings. The minimum Gasteiger partial charge on any atom is -0.394 e. The maximum absolute atomic E-state index is 12.3. The van der Waals surface area contributed by atoms with E-state index in [0.29, 0.717) is 5.56 Å². The molecular weight excluding hydrogens is 422 g/mol. The lowest BCUT2D eigenvalue weighted by molar-refractivity contribution is -0.386. The maximum atomic E-state index is 12.3. The predicted octanol–water partition coefficient (Wildman–Crippen LogP) is 1.31. The van der Waals surface area contributed by atoms with Crippen molar-refractivity contribution < 1.29 is 24.6 Å². The van der Waals surface area contributed by atoms with E-state index in [0.717, 1.165) is 10.1 Å². The Kier molecular flexibility index (Phi) is 7.24. The van der Waals surface area contributed by atoms with Gasteiger partial charge in [0.15, 0.2) is 0 Å². The predicted molar refractivity (Wildman–Crippen MR) is 113 cm³/mol. The van der Waals surface area contributed by atoms with Crippen molar-refractivity contribution in [3.8, 4) is 0 Å². The zero-order valence-corrected chi connectivity index (χ0v) is 18.1. The monoisotopic (exact) mass is 449 g/mol. The topological polar surface area (TPSA) is 157 Å². The quantitative estimate of drug-likeness (QED) is 0.402. The number of rotatable bonds is 8. The van der Waals surface area contributed by atoms with Gasteiger partial charge >= 0.3 is 5.69 Å². The smallest absolute Gasteiger partial charge is 0.330 e. The first-order valence-electron chi connectivity index (χ1n) is 10.3. The van der Waals surface area contributed by atoms with E-state index in [9.17, 15) is 29.9 Å². The third-order valence-electron chi connectivity index (χ3n) is 5.45. The summed E-state index contributed by atoms with van der Waals surface area (Å²) in [6, 6.07) is 4.88. The molecule has 0 unspecified atom stereocenters. The Balaban J connectivity index is 1.88. The summed E-state index contributed by atoms with van der Waals surface area (Å²) >= 11 is 0. The van der Waals surface area contributed by atoms with Crippen molar-refractivity contribution in [1.29, 1.82) is 0 Å². The first-order chi connectivity index (χ1) is 15.1. The number of aliphatic hydroxyl groups excluding tert-OH is 2. The number of benzene rings is 1. The van der Waals surface area contributed by atoms with Crippen molar-refractivity contribution >= 4 is 5.69 Å². The molecule has 0 aliphatic carbocycles. The van der Waals surface area contributed by atoms with E-state index >= 15 is 0 Å². The zero-order valence-electron chi connectivity index (χ0n) is 18.1. The van der Waals surface area contributed by atoms with Crippen LogP contribution < -0.4 is 11.2 Å². The van der Waals surface area contributed by atoms with Crippen LogP contribution in [0.3, 0.4) is 0 Å². The molecule has 32 heavy (non-hydrogen) atoms. The molecule has 3 N–H and O–H groups in total. The average Bonchev–Trinajstić information content (AvgIpc) is 3.10. The van der Waals surface area contributed by atoms with Crippen molar-refractivity contribution in [3.63, 3.8) is 0 Å². The number of nitro benzene ring substituents is 1. The van der Waals surface area contributed by atoms with Crippen molar-refractivity contribution in [2.75, 3.05) is 6.61 Å². The van der Waals surface area contributed by atoms with Crippen LogP contribution in [-0.2, 0) is 16.1 Å². The molecule has 2 heterocycles. The molecule has 4 atom stereocenters. The van der Waals surface area contributed by atoms with Gasteiger partial charge < -0.3 is 19.7 Å². The van der Waals surface area contributed by atoms with Gasteiger partial charge in [-0.25, -0.2) is 4.79 Å². The van der Waals surface area contributed by atoms with Gasteiger partial charge in [0.2, 0.25) is 0 Å². The van der Waals surface area contributed by atoms with Gasteiger partial charge in [-0.2, -0.15) is 0 Å². The first kappa shape index (κ1) is 23.8. The van der Waals surface area contributed by atoms with E-state index < -0.39 is 47.3 Å². The summed E-state index contributed by atoms with van der Waals surface area (Å²) in [7, 11) is 0. The van der Waals surface area contributed by atoms with E-state index in [-0.39, 0.29) is 30.2 Å². The van der Waals surface area contributed by atoms with Crippen LogP contribution in [0.4, 0.5) is 5.69 Å². The molecule has 1 aliphatic heterocycles. The van der Waals surface area contributed by atoms with Crippen LogP contribution in [0.2, 0.25) is 0 Å². The third-order valence-corrected chi connectivity index (χ3v) is 5.45. The Morgan fingerprint density at radius 2 is 2.09 bits per heavy atom. The lowest BCUT2D eigenvalue weighted by atomic mass is 9.96. The van der Waals surface area contributed by atoms with Gasteiger partial charge in [-0.3, -0.25) is 24.5 Å². The highest BCUT2D eigenvalue weighted by Gasteiger charge is 2.35. The van der Waals surface area contributed by atoms with E-state index in [1.807, 2.05) is 13.8 Å². The molecule has 11 heteroatoms. The first-order valence-corrected chi connectivity index (χ1v) is 10.3. The van der Waals surface area contributed by atoms with E-state index in [1.165, 1.54) is 12.3 Å². The van der Waals surface area contributed by atoms with Crippen LogP contribution in [-0.4, -0.2) is 43.5 Å². The second-order valence-corrected chi connectivity index (χ2v) is 8.23. The molecule has 3 rings (SSSR count). The lowest BCUT2D eigenvalue weighted by Crippen LogP contribution is -2.34. The van der Waals surface area contributed by atoms with E-state index in [4.69, 9.17) is 9.47 Å². The number of H-pyrrole nitrogens is 1. The van der Waals surface area contributed by atoms with Gasteiger partial charge in [0.25, 0.3) is 11.2 Å². The molecule has 1 aromatic heterocycles. The fraction of sp³-hybridized carbons (Fsp3) is 0.524. The highest BCUT2D eigenvalue weighted by atomic mass is 16.6. The summed E-state index contributed by atoms with van der Waals surface area (Å²) < 4.78 is 12.6. The fourth-order valence-electron chi connectivity index (χ4n) is 3.77. The lowest BCUT2D eigenvalue weighted by Gasteiger charge is -2.22. The largest absolute Gasteiger partial charge is 0.394 e. The summed E-state index contributed by atoms with van der Waals surface area (Å²) in [5.74, 6) is -0.139. The van der Waals surface area contributed by atoms with Gasteiger partial charge in [-0.15, -0.1) is 0 Å². The van der Waals surface area contributed by atoms with Crippen molar-refractivity contribution in [1.82, 2.24) is 9.55 Å². The number of nitro groups is 1. The van der Waals surface area contributed by atoms with Crippen LogP contribution in [0.25, 0.3) is 0 Å². The highest BCUT2D eigenvalue weighted by molar-refractivity contribution is 5.44. The molecule has 1 saturated heterocycles. The number of nitrogens with one attached hydrogen (secondary N) is 1. The second kappa shape index (κ2) is 9.74. The Morgan fingerprint density at radius 1 is 1.38 bits per heavy atom. The Bertz CT molecular complexity index is 1090. The van der Waals surface area contributed by atoms with Crippen LogP contribution in [0.1, 0.15) is 49.3 Å². The molecule has 1 aromatic carbocycles. The second-order valence-electron chi connectivity index (χ2n) is 8.23. The van der Waals surface area contributed by atoms with E-state index in [1.54, 1.807) is 19.1 Å². The molecule has 2 aromatic rings. The third kappa shape index (κ3) is 4.96. The number of aliphatic hydroxyl groups is 2. The van der Waals surface area contributed by atoms with Crippen LogP contribution in [0, 0.1) is 23.0 Å². The van der Waals surface area contributed by atoms with Crippen LogP contribution >= 0.6 is 0 Å². The molecule has 1 fully saturated rings. The number of ether oxygens (including phenoxy) is 2. The van der Waals surface area contributed by atoms with Gasteiger partial charge in [0, 0.05) is 18.7 Å². The minimum atomic E-state index is -0.948. The number of aryl methyl sites for hydroxylation is 1. The number of aromatic nitrogens is 2. The molecule has 0 spiro atoms. The summed E-state index contributed by atoms with van der Waals surface area (Å²) in [5, 5.41) is 30.7. The summed E-state index contributed by atoms with van der Waals surface area (Å²) in [5.41, 5.74) is -0.171. The molecule has 0 radical (unpaired) electrons. The van der Waals surface area contributed by atoms with Gasteiger partial charge in [0.05, 0.1) is 41.5 Å². The fourth-order valence-corrected chi connectivity index (χ4v) is 3.77. The highest BCUT2D eigenvalue weighted by Crippen LogP contribution is 2.34. The normalized spacial score (nSPS) is 21.8. The molecule has 174 valence electrons. The summed E-state index contributed by atoms with van der Waals surface area (Å²) in [4.78, 5) is 37.9. The molecular formula is C21H27N3O8. The number of nitrogens with zero attached hydrogens (tertiary/aromatic N) is 2. The van der Waals surface area contributed by atoms with Crippen LogP contribution in [0.5, 0.6) is 0 Å². The van der Waals surface area contributed by atoms with Gasteiger partial charge in [0.1, 0.15) is 12.3 Å². The van der Waals surface area contributed by atoms with Crippen LogP contribution in [0.15, 0.2) is 34.0 Å². The standard InChI is InChI=1S/C21H27N3O8/c1-11(2)19(14-5-4-12(3)6-15(14)24(29)30)31-10-13-8-23(21(28)22-20(13)27)18-7-16(26)17(9-25)32-18/h4-6,8,11,16-19,25-26H,7,9-10H2,1-3H3,(H,22,27,28)/t16-,17-,18-,19-/m1/s1. The zero-order chi connectivity index (χ0) is 23.6. The van der Waals surface area contributed by atoms with Crippen molar-refractivity contribution in [2.45, 2.75) is 58.3 Å². The number of aromatic amines is 1. The number of hydrogen-bond acceptors (Lipinski definition) is 8. The molecule has 0 amide bonds. The van der Waals surface area contributed by atoms with E-state index in [2.05, 4.69) is 4.98 Å². The molecule has 0 saturated carbocycles. The average molecular weight is 449 g/mol. The SMILES string of the molecule is Cc1ccc([C@H](OCc2cn([C@H]3C[C@@H](O)[C@@H](CO)O3)c(=O)[nH]c2=O)C(C)C)c([N+](=O)[O-])c1. The Morgan fingerprint density at radius 3 is 2.69 bits per heavy atom. The molecule has 0 bridgehead atoms. The van der Waals surface area contributed by atoms with Crippen molar-refractivity contribution in [3.05, 3.63) is 72.0 Å². The van der Waals surface area contributed by atoms with Crippen molar-refractivity contribution in [2.24, 2.45) is 5.92 Å². The van der Waals surface area contributed by atoms with Gasteiger partial charge in [-0.05, 0) is 24.5 Å². The summed E-state index contributed by atoms with van der Waals surface area (Å²) in [6.45, 7) is 4.85. The number of hydrogen-bond donors (Lipinski definition) is 3. The van der Waals surface area contributed by atoms with Gasteiger partial charge in [-0.1, -0.05) is 19.9 Å². The molecule has 11 nitrogen and oxygen atoms in total. The Hall–Kier alpha value is -2.86. The summed E-state index contributed by atoms with van der Waals surface area (Å²) in [6.07, 6.45) is -1.94. The minimum absolute atomic E-state index is 0.0639.